The lowest BCUT2D eigenvalue weighted by atomic mass is 10.1. The van der Waals surface area contributed by atoms with Crippen LogP contribution in [0.5, 0.6) is 0 Å². The molecule has 4 aromatic rings. The number of nitrogens with zero attached hydrogens (tertiary/aromatic N) is 4. The maximum Gasteiger partial charge on any atom is 0.451 e. The van der Waals surface area contributed by atoms with Crippen LogP contribution < -0.4 is 16.7 Å². The lowest BCUT2D eigenvalue weighted by Gasteiger charge is -2.09. The molecule has 4 heterocycles. The fraction of sp³-hybridized carbons (Fsp3) is 0.227. The van der Waals surface area contributed by atoms with E-state index in [1.807, 2.05) is 18.2 Å². The monoisotopic (exact) mass is 440 g/mol. The van der Waals surface area contributed by atoms with Gasteiger partial charge in [0, 0.05) is 47.8 Å². The minimum atomic E-state index is -4.62. The highest BCUT2D eigenvalue weighted by Gasteiger charge is 2.34. The molecule has 10 heteroatoms. The van der Waals surface area contributed by atoms with Crippen molar-refractivity contribution in [3.8, 4) is 16.8 Å². The molecule has 0 atom stereocenters. The van der Waals surface area contributed by atoms with Gasteiger partial charge in [-0.15, -0.1) is 0 Å². The van der Waals surface area contributed by atoms with Gasteiger partial charge in [0.25, 0.3) is 5.56 Å². The first-order valence-electron chi connectivity index (χ1n) is 10.1. The highest BCUT2D eigenvalue weighted by molar-refractivity contribution is 5.87. The van der Waals surface area contributed by atoms with Gasteiger partial charge in [0.2, 0.25) is 5.82 Å². The van der Waals surface area contributed by atoms with Gasteiger partial charge in [-0.05, 0) is 48.7 Å². The Morgan fingerprint density at radius 2 is 1.84 bits per heavy atom. The molecule has 32 heavy (non-hydrogen) atoms. The molecule has 1 aliphatic rings. The summed E-state index contributed by atoms with van der Waals surface area (Å²) in [4.78, 5) is 19.5. The zero-order chi connectivity index (χ0) is 22.5. The summed E-state index contributed by atoms with van der Waals surface area (Å²) in [6, 6.07) is 8.67. The normalized spacial score (nSPS) is 14.3. The molecule has 3 aromatic heterocycles. The van der Waals surface area contributed by atoms with E-state index in [9.17, 15) is 18.0 Å². The third-order valence-corrected chi connectivity index (χ3v) is 5.71. The first-order chi connectivity index (χ1) is 15.3. The van der Waals surface area contributed by atoms with Crippen LogP contribution in [-0.2, 0) is 19.1 Å². The van der Waals surface area contributed by atoms with Crippen LogP contribution in [0.3, 0.4) is 0 Å². The van der Waals surface area contributed by atoms with Crippen molar-refractivity contribution in [2.75, 3.05) is 12.4 Å². The predicted octanol–water partition coefficient (Wildman–Crippen LogP) is 3.02. The molecule has 0 spiro atoms. The van der Waals surface area contributed by atoms with Crippen molar-refractivity contribution >= 4 is 10.9 Å². The molecule has 3 N–H and O–H groups in total. The molecule has 0 aliphatic carbocycles. The second kappa shape index (κ2) is 7.49. The third kappa shape index (κ3) is 3.42. The van der Waals surface area contributed by atoms with Crippen molar-refractivity contribution in [1.82, 2.24) is 24.5 Å². The Kier molecular flexibility index (Phi) is 4.74. The molecule has 0 bridgehead atoms. The number of alkyl halides is 3. The fourth-order valence-corrected chi connectivity index (χ4v) is 4.13. The number of rotatable bonds is 2. The van der Waals surface area contributed by atoms with E-state index in [1.165, 1.54) is 16.2 Å². The summed E-state index contributed by atoms with van der Waals surface area (Å²) in [5, 5.41) is 4.45. The molecule has 0 saturated heterocycles. The summed E-state index contributed by atoms with van der Waals surface area (Å²) in [5.74, 6) is 5.14. The van der Waals surface area contributed by atoms with Gasteiger partial charge < -0.3 is 11.2 Å². The number of aromatic nitrogens is 4. The van der Waals surface area contributed by atoms with Gasteiger partial charge >= 0.3 is 6.18 Å². The van der Waals surface area contributed by atoms with Crippen LogP contribution in [0.1, 0.15) is 23.5 Å². The van der Waals surface area contributed by atoms with E-state index in [0.29, 0.717) is 16.8 Å². The number of nitrogens with two attached hydrogens (primary N) is 1. The van der Waals surface area contributed by atoms with Crippen LogP contribution in [0.4, 0.5) is 13.2 Å². The largest absolute Gasteiger partial charge is 0.451 e. The van der Waals surface area contributed by atoms with Gasteiger partial charge in [0.15, 0.2) is 0 Å². The molecule has 1 aliphatic heterocycles. The average molecular weight is 440 g/mol. The quantitative estimate of drug-likeness (QED) is 0.468. The molecule has 0 unspecified atom stereocenters. The van der Waals surface area contributed by atoms with E-state index < -0.39 is 12.0 Å². The average Bonchev–Trinajstić information content (AvgIpc) is 2.93. The van der Waals surface area contributed by atoms with Crippen molar-refractivity contribution in [3.63, 3.8) is 0 Å². The summed E-state index contributed by atoms with van der Waals surface area (Å²) in [5.41, 5.74) is 4.17. The molecular weight excluding hydrogens is 421 g/mol. The minimum absolute atomic E-state index is 0.324. The Labute approximate surface area is 180 Å². The maximum atomic E-state index is 12.8. The Morgan fingerprint density at radius 1 is 1.06 bits per heavy atom. The molecule has 164 valence electrons. The number of hydrogen-bond acceptors (Lipinski definition) is 5. The van der Waals surface area contributed by atoms with E-state index in [1.54, 1.807) is 16.9 Å². The van der Waals surface area contributed by atoms with Crippen molar-refractivity contribution < 1.29 is 13.2 Å². The highest BCUT2D eigenvalue weighted by Crippen LogP contribution is 2.29. The zero-order valence-electron chi connectivity index (χ0n) is 16.9. The summed E-state index contributed by atoms with van der Waals surface area (Å²) >= 11 is 0. The number of nitrogen functional groups attached to an aromatic ring is 1. The topological polar surface area (TPSA) is 90.8 Å². The second-order valence-corrected chi connectivity index (χ2v) is 7.69. The van der Waals surface area contributed by atoms with Gasteiger partial charge in [-0.3, -0.25) is 14.0 Å². The molecular formula is C22H19F3N6O. The van der Waals surface area contributed by atoms with Crippen LogP contribution in [0.15, 0.2) is 53.7 Å². The fourth-order valence-electron chi connectivity index (χ4n) is 4.13. The number of hydrogen-bond donors (Lipinski definition) is 2. The van der Waals surface area contributed by atoms with Crippen molar-refractivity contribution in [3.05, 3.63) is 76.4 Å². The first kappa shape index (κ1) is 20.3. The van der Waals surface area contributed by atoms with Crippen molar-refractivity contribution in [2.45, 2.75) is 25.6 Å². The van der Waals surface area contributed by atoms with E-state index >= 15 is 0 Å². The summed E-state index contributed by atoms with van der Waals surface area (Å²) in [6.07, 6.45) is 0.962. The molecule has 7 nitrogen and oxygen atoms in total. The number of nitrogens with one attached hydrogen (secondary N) is 1. The van der Waals surface area contributed by atoms with Crippen LogP contribution in [0.2, 0.25) is 0 Å². The molecule has 0 saturated carbocycles. The first-order valence-corrected chi connectivity index (χ1v) is 10.1. The van der Waals surface area contributed by atoms with E-state index in [2.05, 4.69) is 15.3 Å². The molecule has 0 radical (unpaired) electrons. The van der Waals surface area contributed by atoms with Gasteiger partial charge in [-0.2, -0.15) is 13.2 Å². The number of pyridine rings is 1. The molecule has 0 amide bonds. The molecule has 5 rings (SSSR count). The van der Waals surface area contributed by atoms with E-state index in [-0.39, 0.29) is 5.56 Å². The Hall–Kier alpha value is -3.66. The molecule has 1 aromatic carbocycles. The second-order valence-electron chi connectivity index (χ2n) is 7.69. The Bertz CT molecular complexity index is 1370. The van der Waals surface area contributed by atoms with Gasteiger partial charge in [0.05, 0.1) is 11.2 Å². The van der Waals surface area contributed by atoms with Crippen LogP contribution in [0.25, 0.3) is 27.7 Å². The summed E-state index contributed by atoms with van der Waals surface area (Å²) in [7, 11) is 0. The lowest BCUT2D eigenvalue weighted by Crippen LogP contribution is -2.17. The van der Waals surface area contributed by atoms with E-state index in [0.717, 1.165) is 54.9 Å². The lowest BCUT2D eigenvalue weighted by molar-refractivity contribution is -0.144. The minimum Gasteiger partial charge on any atom is -0.339 e. The zero-order valence-corrected chi connectivity index (χ0v) is 16.9. The Morgan fingerprint density at radius 3 is 2.56 bits per heavy atom. The Balaban J connectivity index is 1.52. The van der Waals surface area contributed by atoms with Crippen LogP contribution in [-0.4, -0.2) is 25.8 Å². The highest BCUT2D eigenvalue weighted by atomic mass is 19.4. The van der Waals surface area contributed by atoms with Gasteiger partial charge in [-0.25, -0.2) is 9.97 Å². The van der Waals surface area contributed by atoms with Crippen molar-refractivity contribution in [2.24, 2.45) is 0 Å². The number of fused-ring (bicyclic) bond motifs is 3. The standard InChI is InChI=1S/C22H19F3N6O/c23-22(24,25)21-28-10-14(11-29-21)13-5-7-30(20(32)8-13)15-3-4-16-17-12-27-6-1-2-18(17)31(26)19(16)9-15/h3-5,7-11,27H,1-2,6,12,26H2. The maximum absolute atomic E-state index is 12.8. The predicted molar refractivity (Wildman–Crippen MR) is 114 cm³/mol. The summed E-state index contributed by atoms with van der Waals surface area (Å²) < 4.78 is 41.2. The van der Waals surface area contributed by atoms with Gasteiger partial charge in [-0.1, -0.05) is 6.07 Å². The smallest absolute Gasteiger partial charge is 0.339 e. The van der Waals surface area contributed by atoms with Gasteiger partial charge in [0.1, 0.15) is 0 Å². The number of benzene rings is 1. The number of halogens is 3. The van der Waals surface area contributed by atoms with E-state index in [4.69, 9.17) is 5.84 Å². The van der Waals surface area contributed by atoms with Crippen molar-refractivity contribution in [1.29, 1.82) is 0 Å². The SMILES string of the molecule is Nn1c2c(c3ccc(-n4ccc(-c5cnc(C(F)(F)F)nc5)cc4=O)cc31)CNCCC2. The third-order valence-electron chi connectivity index (χ3n) is 5.71. The summed E-state index contributed by atoms with van der Waals surface area (Å²) in [6.45, 7) is 1.69. The molecule has 0 fully saturated rings. The van der Waals surface area contributed by atoms with Crippen LogP contribution in [0, 0.1) is 0 Å². The van der Waals surface area contributed by atoms with Crippen LogP contribution >= 0.6 is 0 Å².